The molecule has 0 spiro atoms. The maximum atomic E-state index is 11.7. The maximum absolute atomic E-state index is 11.7. The van der Waals surface area contributed by atoms with Crippen LogP contribution in [0.1, 0.15) is 44.4 Å². The lowest BCUT2D eigenvalue weighted by molar-refractivity contribution is -0.122. The van der Waals surface area contributed by atoms with E-state index >= 15 is 0 Å². The van der Waals surface area contributed by atoms with Crippen LogP contribution in [0, 0.1) is 6.92 Å². The van der Waals surface area contributed by atoms with Crippen LogP contribution in [0.4, 0.5) is 0 Å². The standard InChI is InChI=1S/C14H22N2O/c1-10-6-5-7-12(8-10)11(2)16-13(17)9-14(3,4)15/h5-8,11H,9,15H2,1-4H3,(H,16,17)/t11-/m1/s1. The van der Waals surface area contributed by atoms with Crippen LogP contribution in [-0.2, 0) is 4.79 Å². The lowest BCUT2D eigenvalue weighted by Crippen LogP contribution is -2.39. The Balaban J connectivity index is 2.61. The molecule has 0 aliphatic rings. The van der Waals surface area contributed by atoms with Crippen molar-refractivity contribution in [2.45, 2.75) is 45.7 Å². The van der Waals surface area contributed by atoms with Gasteiger partial charge in [0, 0.05) is 12.0 Å². The third kappa shape index (κ3) is 5.00. The number of benzene rings is 1. The minimum atomic E-state index is -0.462. The monoisotopic (exact) mass is 234 g/mol. The number of nitrogens with one attached hydrogen (secondary N) is 1. The van der Waals surface area contributed by atoms with Crippen LogP contribution in [0.3, 0.4) is 0 Å². The number of amides is 1. The maximum Gasteiger partial charge on any atom is 0.222 e. The van der Waals surface area contributed by atoms with Crippen molar-refractivity contribution < 1.29 is 4.79 Å². The summed E-state index contributed by atoms with van der Waals surface area (Å²) in [7, 11) is 0. The first kappa shape index (κ1) is 13.7. The van der Waals surface area contributed by atoms with Gasteiger partial charge in [-0.1, -0.05) is 29.8 Å². The van der Waals surface area contributed by atoms with Gasteiger partial charge in [-0.05, 0) is 33.3 Å². The summed E-state index contributed by atoms with van der Waals surface area (Å²) >= 11 is 0. The number of rotatable bonds is 4. The molecule has 0 saturated heterocycles. The molecule has 0 aliphatic heterocycles. The lowest BCUT2D eigenvalue weighted by Gasteiger charge is -2.20. The highest BCUT2D eigenvalue weighted by Gasteiger charge is 2.18. The van der Waals surface area contributed by atoms with Crippen molar-refractivity contribution in [2.75, 3.05) is 0 Å². The molecule has 0 unspecified atom stereocenters. The second-order valence-electron chi connectivity index (χ2n) is 5.37. The normalized spacial score (nSPS) is 13.2. The second-order valence-corrected chi connectivity index (χ2v) is 5.37. The third-order valence-corrected chi connectivity index (χ3v) is 2.54. The first-order chi connectivity index (χ1) is 7.78. The highest BCUT2D eigenvalue weighted by Crippen LogP contribution is 2.14. The molecule has 1 rings (SSSR count). The van der Waals surface area contributed by atoms with Crippen molar-refractivity contribution in [2.24, 2.45) is 5.73 Å². The first-order valence-electron chi connectivity index (χ1n) is 5.93. The van der Waals surface area contributed by atoms with E-state index in [2.05, 4.69) is 11.4 Å². The predicted octanol–water partition coefficient (Wildman–Crippen LogP) is 2.30. The summed E-state index contributed by atoms with van der Waals surface area (Å²) in [5, 5.41) is 2.96. The van der Waals surface area contributed by atoms with Crippen LogP contribution in [0.15, 0.2) is 24.3 Å². The molecule has 3 nitrogen and oxygen atoms in total. The number of hydrogen-bond donors (Lipinski definition) is 2. The van der Waals surface area contributed by atoms with Gasteiger partial charge in [0.1, 0.15) is 0 Å². The van der Waals surface area contributed by atoms with Crippen LogP contribution in [0.5, 0.6) is 0 Å². The smallest absolute Gasteiger partial charge is 0.222 e. The zero-order chi connectivity index (χ0) is 13.1. The fraction of sp³-hybridized carbons (Fsp3) is 0.500. The van der Waals surface area contributed by atoms with Crippen molar-refractivity contribution in [1.82, 2.24) is 5.32 Å². The number of hydrogen-bond acceptors (Lipinski definition) is 2. The molecule has 0 aliphatic carbocycles. The Labute approximate surface area is 103 Å². The van der Waals surface area contributed by atoms with Crippen molar-refractivity contribution in [3.8, 4) is 0 Å². The van der Waals surface area contributed by atoms with Crippen molar-refractivity contribution >= 4 is 5.91 Å². The van der Waals surface area contributed by atoms with Gasteiger partial charge in [0.25, 0.3) is 0 Å². The number of aryl methyl sites for hydroxylation is 1. The summed E-state index contributed by atoms with van der Waals surface area (Å²) in [5.41, 5.74) is 7.67. The van der Waals surface area contributed by atoms with Crippen LogP contribution in [-0.4, -0.2) is 11.4 Å². The summed E-state index contributed by atoms with van der Waals surface area (Å²) in [6.07, 6.45) is 0.336. The molecule has 3 heteroatoms. The number of nitrogens with two attached hydrogens (primary N) is 1. The van der Waals surface area contributed by atoms with Gasteiger partial charge >= 0.3 is 0 Å². The van der Waals surface area contributed by atoms with Crippen molar-refractivity contribution in [3.63, 3.8) is 0 Å². The molecule has 0 aromatic heterocycles. The quantitative estimate of drug-likeness (QED) is 0.840. The van der Waals surface area contributed by atoms with Crippen molar-refractivity contribution in [3.05, 3.63) is 35.4 Å². The summed E-state index contributed by atoms with van der Waals surface area (Å²) in [6, 6.07) is 8.16. The predicted molar refractivity (Wildman–Crippen MR) is 70.6 cm³/mol. The summed E-state index contributed by atoms with van der Waals surface area (Å²) in [5.74, 6) is -0.00786. The average molecular weight is 234 g/mol. The van der Waals surface area contributed by atoms with E-state index in [0.717, 1.165) is 5.56 Å². The van der Waals surface area contributed by atoms with Crippen LogP contribution >= 0.6 is 0 Å². The van der Waals surface area contributed by atoms with Gasteiger partial charge in [-0.2, -0.15) is 0 Å². The Morgan fingerprint density at radius 3 is 2.65 bits per heavy atom. The molecule has 1 aromatic carbocycles. The topological polar surface area (TPSA) is 55.1 Å². The molecule has 94 valence electrons. The van der Waals surface area contributed by atoms with E-state index in [9.17, 15) is 4.79 Å². The molecule has 0 bridgehead atoms. The minimum absolute atomic E-state index is 0.00786. The van der Waals surface area contributed by atoms with Gasteiger partial charge in [-0.3, -0.25) is 4.79 Å². The van der Waals surface area contributed by atoms with E-state index in [4.69, 9.17) is 5.73 Å². The van der Waals surface area contributed by atoms with Gasteiger partial charge in [0.15, 0.2) is 0 Å². The Bertz CT molecular complexity index is 393. The minimum Gasteiger partial charge on any atom is -0.350 e. The van der Waals surface area contributed by atoms with Gasteiger partial charge in [-0.25, -0.2) is 0 Å². The zero-order valence-electron chi connectivity index (χ0n) is 11.1. The van der Waals surface area contributed by atoms with Crippen LogP contribution in [0.25, 0.3) is 0 Å². The fourth-order valence-electron chi connectivity index (χ4n) is 1.73. The van der Waals surface area contributed by atoms with E-state index in [1.165, 1.54) is 5.56 Å². The zero-order valence-corrected chi connectivity index (χ0v) is 11.1. The molecule has 0 heterocycles. The average Bonchev–Trinajstić information content (AvgIpc) is 2.14. The number of carbonyl (C=O) groups is 1. The van der Waals surface area contributed by atoms with Gasteiger partial charge in [0.2, 0.25) is 5.91 Å². The second kappa shape index (κ2) is 5.32. The SMILES string of the molecule is Cc1cccc([C@@H](C)NC(=O)CC(C)(C)N)c1. The molecule has 1 aromatic rings. The molecule has 17 heavy (non-hydrogen) atoms. The highest BCUT2D eigenvalue weighted by molar-refractivity contribution is 5.77. The largest absolute Gasteiger partial charge is 0.350 e. The van der Waals surface area contributed by atoms with E-state index < -0.39 is 5.54 Å². The Kier molecular flexibility index (Phi) is 4.29. The van der Waals surface area contributed by atoms with Crippen LogP contribution < -0.4 is 11.1 Å². The van der Waals surface area contributed by atoms with E-state index in [-0.39, 0.29) is 11.9 Å². The van der Waals surface area contributed by atoms with E-state index in [1.54, 1.807) is 0 Å². The lowest BCUT2D eigenvalue weighted by atomic mass is 10.0. The van der Waals surface area contributed by atoms with Gasteiger partial charge in [-0.15, -0.1) is 0 Å². The van der Waals surface area contributed by atoms with Crippen LogP contribution in [0.2, 0.25) is 0 Å². The first-order valence-corrected chi connectivity index (χ1v) is 5.93. The third-order valence-electron chi connectivity index (χ3n) is 2.54. The molecular weight excluding hydrogens is 212 g/mol. The molecule has 0 saturated carbocycles. The van der Waals surface area contributed by atoms with Gasteiger partial charge < -0.3 is 11.1 Å². The molecule has 1 atom stereocenters. The summed E-state index contributed by atoms with van der Waals surface area (Å²) in [6.45, 7) is 7.73. The number of carbonyl (C=O) groups excluding carboxylic acids is 1. The molecule has 0 fully saturated rings. The van der Waals surface area contributed by atoms with Gasteiger partial charge in [0.05, 0.1) is 6.04 Å². The fourth-order valence-corrected chi connectivity index (χ4v) is 1.73. The molecule has 1 amide bonds. The Morgan fingerprint density at radius 2 is 2.12 bits per heavy atom. The van der Waals surface area contributed by atoms with Crippen molar-refractivity contribution in [1.29, 1.82) is 0 Å². The Morgan fingerprint density at radius 1 is 1.47 bits per heavy atom. The highest BCUT2D eigenvalue weighted by atomic mass is 16.1. The summed E-state index contributed by atoms with van der Waals surface area (Å²) in [4.78, 5) is 11.7. The Hall–Kier alpha value is -1.35. The molecule has 0 radical (unpaired) electrons. The van der Waals surface area contributed by atoms with E-state index in [0.29, 0.717) is 6.42 Å². The molecule has 3 N–H and O–H groups in total. The van der Waals surface area contributed by atoms with E-state index in [1.807, 2.05) is 45.9 Å². The molecular formula is C14H22N2O. The summed E-state index contributed by atoms with van der Waals surface area (Å²) < 4.78 is 0.